The van der Waals surface area contributed by atoms with Crippen molar-refractivity contribution in [2.75, 3.05) is 27.2 Å². The molecule has 0 saturated heterocycles. The molecule has 0 aliphatic carbocycles. The van der Waals surface area contributed by atoms with Crippen LogP contribution in [0, 0.1) is 0 Å². The summed E-state index contributed by atoms with van der Waals surface area (Å²) in [5.41, 5.74) is 10.5. The Labute approximate surface area is 77.4 Å². The van der Waals surface area contributed by atoms with Crippen molar-refractivity contribution in [3.8, 4) is 0 Å². The highest BCUT2D eigenvalue weighted by Crippen LogP contribution is 1.94. The first-order valence-corrected chi connectivity index (χ1v) is 3.94. The Balaban J connectivity index is 3.73. The summed E-state index contributed by atoms with van der Waals surface area (Å²) >= 11 is 0. The lowest BCUT2D eigenvalue weighted by atomic mass is 10.3. The van der Waals surface area contributed by atoms with Crippen LogP contribution in [0.5, 0.6) is 0 Å². The van der Waals surface area contributed by atoms with E-state index in [1.54, 1.807) is 14.1 Å². The van der Waals surface area contributed by atoms with Gasteiger partial charge in [0.2, 0.25) is 0 Å². The van der Waals surface area contributed by atoms with Crippen LogP contribution in [0.4, 0.5) is 0 Å². The van der Waals surface area contributed by atoms with Crippen LogP contribution in [-0.2, 0) is 9.53 Å². The third-order valence-electron chi connectivity index (χ3n) is 1.52. The second kappa shape index (κ2) is 5.87. The van der Waals surface area contributed by atoms with Crippen molar-refractivity contribution in [1.29, 1.82) is 0 Å². The maximum Gasteiger partial charge on any atom is 0.319 e. The maximum absolute atomic E-state index is 10.6. The Morgan fingerprint density at radius 1 is 1.62 bits per heavy atom. The molecular weight excluding hydrogens is 174 g/mol. The highest BCUT2D eigenvalue weighted by atomic mass is 16.5. The topological polar surface area (TPSA) is 102 Å². The van der Waals surface area contributed by atoms with Gasteiger partial charge in [0.1, 0.15) is 12.8 Å². The summed E-state index contributed by atoms with van der Waals surface area (Å²) in [5.74, 6) is -0.526. The van der Waals surface area contributed by atoms with Crippen LogP contribution in [0.3, 0.4) is 0 Å². The van der Waals surface area contributed by atoms with E-state index in [1.165, 1.54) is 4.90 Å². The summed E-state index contributed by atoms with van der Waals surface area (Å²) in [6.07, 6.45) is -0.828. The fourth-order valence-corrected chi connectivity index (χ4v) is 0.717. The van der Waals surface area contributed by atoms with E-state index in [9.17, 15) is 9.90 Å². The SMILES string of the molecule is CN(C)[C@@H](O)[C@@H](N)COC(=O)CN. The average Bonchev–Trinajstić information content (AvgIpc) is 2.11. The standard InChI is InChI=1S/C7H17N3O3/c1-10(2)7(12)5(9)4-13-6(11)3-8/h5,7,12H,3-4,8-9H2,1-2H3/t5-,7-/m0/s1. The predicted octanol–water partition coefficient (Wildman–Crippen LogP) is -2.30. The molecule has 0 bridgehead atoms. The van der Waals surface area contributed by atoms with Crippen molar-refractivity contribution >= 4 is 5.97 Å². The van der Waals surface area contributed by atoms with Gasteiger partial charge in [0, 0.05) is 0 Å². The van der Waals surface area contributed by atoms with Crippen molar-refractivity contribution in [3.05, 3.63) is 0 Å². The molecule has 13 heavy (non-hydrogen) atoms. The Morgan fingerprint density at radius 3 is 2.54 bits per heavy atom. The minimum absolute atomic E-state index is 0.0324. The van der Waals surface area contributed by atoms with E-state index in [4.69, 9.17) is 11.5 Å². The summed E-state index contributed by atoms with van der Waals surface area (Å²) in [5, 5.41) is 9.36. The first kappa shape index (κ1) is 12.3. The lowest BCUT2D eigenvalue weighted by Crippen LogP contribution is -2.47. The third-order valence-corrected chi connectivity index (χ3v) is 1.52. The first-order chi connectivity index (χ1) is 5.99. The number of nitrogens with zero attached hydrogens (tertiary/aromatic N) is 1. The van der Waals surface area contributed by atoms with Gasteiger partial charge in [0.05, 0.1) is 12.6 Å². The summed E-state index contributed by atoms with van der Waals surface area (Å²) in [6.45, 7) is -0.208. The Kier molecular flexibility index (Phi) is 5.56. The molecule has 0 aromatic heterocycles. The highest BCUT2D eigenvalue weighted by Gasteiger charge is 2.17. The number of aliphatic hydroxyl groups excluding tert-OH is 1. The molecule has 6 heteroatoms. The van der Waals surface area contributed by atoms with Crippen LogP contribution in [0.25, 0.3) is 0 Å². The van der Waals surface area contributed by atoms with E-state index in [0.717, 1.165) is 0 Å². The Hall–Kier alpha value is -0.690. The fraction of sp³-hybridized carbons (Fsp3) is 0.857. The predicted molar refractivity (Wildman–Crippen MR) is 47.7 cm³/mol. The van der Waals surface area contributed by atoms with Crippen LogP contribution in [0.15, 0.2) is 0 Å². The molecule has 0 unspecified atom stereocenters. The second-order valence-electron chi connectivity index (χ2n) is 2.93. The normalized spacial score (nSPS) is 15.5. The first-order valence-electron chi connectivity index (χ1n) is 3.94. The van der Waals surface area contributed by atoms with Gasteiger partial charge in [-0.2, -0.15) is 0 Å². The number of rotatable bonds is 5. The molecular formula is C7H17N3O3. The zero-order valence-corrected chi connectivity index (χ0v) is 7.93. The number of carbonyl (C=O) groups is 1. The smallest absolute Gasteiger partial charge is 0.319 e. The number of carbonyl (C=O) groups excluding carboxylic acids is 1. The number of nitrogens with two attached hydrogens (primary N) is 2. The third kappa shape index (κ3) is 4.79. The molecule has 0 aromatic carbocycles. The summed E-state index contributed by atoms with van der Waals surface area (Å²) in [4.78, 5) is 12.1. The molecule has 0 amide bonds. The molecule has 78 valence electrons. The van der Waals surface area contributed by atoms with Crippen LogP contribution in [0.1, 0.15) is 0 Å². The van der Waals surface area contributed by atoms with Gasteiger partial charge in [-0.25, -0.2) is 0 Å². The molecule has 0 heterocycles. The highest BCUT2D eigenvalue weighted by molar-refractivity contribution is 5.71. The average molecular weight is 191 g/mol. The zero-order chi connectivity index (χ0) is 10.4. The second-order valence-corrected chi connectivity index (χ2v) is 2.93. The van der Waals surface area contributed by atoms with E-state index < -0.39 is 18.2 Å². The van der Waals surface area contributed by atoms with Crippen molar-refractivity contribution in [2.24, 2.45) is 11.5 Å². The minimum atomic E-state index is -0.828. The summed E-state index contributed by atoms with van der Waals surface area (Å²) in [6, 6.07) is -0.620. The van der Waals surface area contributed by atoms with Gasteiger partial charge < -0.3 is 21.3 Å². The lowest BCUT2D eigenvalue weighted by molar-refractivity contribution is -0.144. The number of aliphatic hydroxyl groups is 1. The van der Waals surface area contributed by atoms with Gasteiger partial charge in [0.25, 0.3) is 0 Å². The Morgan fingerprint density at radius 2 is 2.15 bits per heavy atom. The molecule has 0 aliphatic heterocycles. The van der Waals surface area contributed by atoms with Crippen molar-refractivity contribution in [2.45, 2.75) is 12.3 Å². The Bertz CT molecular complexity index is 163. The van der Waals surface area contributed by atoms with Gasteiger partial charge >= 0.3 is 5.97 Å². The largest absolute Gasteiger partial charge is 0.463 e. The summed E-state index contributed by atoms with van der Waals surface area (Å²) < 4.78 is 4.65. The number of hydrogen-bond donors (Lipinski definition) is 3. The molecule has 0 saturated carbocycles. The molecule has 0 radical (unpaired) electrons. The molecule has 6 nitrogen and oxygen atoms in total. The molecule has 0 rings (SSSR count). The monoisotopic (exact) mass is 191 g/mol. The molecule has 5 N–H and O–H groups in total. The van der Waals surface area contributed by atoms with Gasteiger partial charge in [-0.3, -0.25) is 9.69 Å². The van der Waals surface area contributed by atoms with Gasteiger partial charge in [-0.15, -0.1) is 0 Å². The quantitative estimate of drug-likeness (QED) is 0.333. The van der Waals surface area contributed by atoms with Crippen LogP contribution < -0.4 is 11.5 Å². The molecule has 0 aromatic rings. The fourth-order valence-electron chi connectivity index (χ4n) is 0.717. The maximum atomic E-state index is 10.6. The van der Waals surface area contributed by atoms with Crippen molar-refractivity contribution < 1.29 is 14.6 Å². The van der Waals surface area contributed by atoms with Crippen LogP contribution in [0.2, 0.25) is 0 Å². The van der Waals surface area contributed by atoms with E-state index in [0.29, 0.717) is 0 Å². The zero-order valence-electron chi connectivity index (χ0n) is 7.93. The van der Waals surface area contributed by atoms with Gasteiger partial charge in [-0.1, -0.05) is 0 Å². The van der Waals surface area contributed by atoms with Gasteiger partial charge in [0.15, 0.2) is 0 Å². The minimum Gasteiger partial charge on any atom is -0.463 e. The molecule has 0 spiro atoms. The van der Waals surface area contributed by atoms with Crippen molar-refractivity contribution in [3.63, 3.8) is 0 Å². The number of ether oxygens (including phenoxy) is 1. The van der Waals surface area contributed by atoms with E-state index in [2.05, 4.69) is 4.74 Å². The number of esters is 1. The van der Waals surface area contributed by atoms with Crippen LogP contribution in [-0.4, -0.2) is 55.5 Å². The number of hydrogen-bond acceptors (Lipinski definition) is 6. The molecule has 0 aliphatic rings. The van der Waals surface area contributed by atoms with E-state index in [-0.39, 0.29) is 13.2 Å². The molecule has 0 fully saturated rings. The molecule has 2 atom stereocenters. The van der Waals surface area contributed by atoms with E-state index in [1.807, 2.05) is 0 Å². The van der Waals surface area contributed by atoms with E-state index >= 15 is 0 Å². The van der Waals surface area contributed by atoms with Crippen molar-refractivity contribution in [1.82, 2.24) is 4.90 Å². The number of likely N-dealkylation sites (N-methyl/N-ethyl adjacent to an activating group) is 1. The van der Waals surface area contributed by atoms with Crippen LogP contribution >= 0.6 is 0 Å². The lowest BCUT2D eigenvalue weighted by Gasteiger charge is -2.24. The summed E-state index contributed by atoms with van der Waals surface area (Å²) in [7, 11) is 3.35. The van der Waals surface area contributed by atoms with Gasteiger partial charge in [-0.05, 0) is 14.1 Å².